The topological polar surface area (TPSA) is 72.8 Å². The number of hydrogen-bond donors (Lipinski definition) is 1. The number of allylic oxidation sites excluding steroid dienone is 16. The van der Waals surface area contributed by atoms with Crippen molar-refractivity contribution in [1.29, 1.82) is 0 Å². The smallest absolute Gasteiger partial charge is 0.306 e. The van der Waals surface area contributed by atoms with Gasteiger partial charge in [0.15, 0.2) is 6.10 Å². The van der Waals surface area contributed by atoms with Crippen molar-refractivity contribution in [3.63, 3.8) is 0 Å². The molecule has 5 nitrogen and oxygen atoms in total. The first kappa shape index (κ1) is 68.8. The second-order valence-corrected chi connectivity index (χ2v) is 20.4. The largest absolute Gasteiger partial charge is 0.462 e. The monoisotopic (exact) mass is 1000 g/mol. The lowest BCUT2D eigenvalue weighted by atomic mass is 10.0. The Morgan fingerprint density at radius 2 is 0.611 bits per heavy atom. The number of ether oxygens (including phenoxy) is 2. The van der Waals surface area contributed by atoms with E-state index in [1.54, 1.807) is 0 Å². The summed E-state index contributed by atoms with van der Waals surface area (Å²) in [6, 6.07) is 0. The minimum atomic E-state index is -0.805. The maximum Gasteiger partial charge on any atom is 0.306 e. The highest BCUT2D eigenvalue weighted by Gasteiger charge is 2.16. The van der Waals surface area contributed by atoms with Gasteiger partial charge in [-0.2, -0.15) is 0 Å². The van der Waals surface area contributed by atoms with Gasteiger partial charge in [-0.15, -0.1) is 0 Å². The predicted molar refractivity (Wildman–Crippen MR) is 316 cm³/mol. The van der Waals surface area contributed by atoms with E-state index < -0.39 is 6.10 Å². The Balaban J connectivity index is 3.43. The third-order valence-electron chi connectivity index (χ3n) is 13.4. The van der Waals surface area contributed by atoms with Crippen LogP contribution in [0.3, 0.4) is 0 Å². The Morgan fingerprint density at radius 3 is 0.944 bits per heavy atom. The fourth-order valence-corrected chi connectivity index (χ4v) is 8.78. The van der Waals surface area contributed by atoms with Gasteiger partial charge in [0, 0.05) is 12.8 Å². The van der Waals surface area contributed by atoms with Crippen LogP contribution in [0.25, 0.3) is 0 Å². The Hall–Kier alpha value is -3.18. The van der Waals surface area contributed by atoms with Gasteiger partial charge in [-0.25, -0.2) is 0 Å². The molecule has 414 valence electrons. The highest BCUT2D eigenvalue weighted by atomic mass is 16.6. The van der Waals surface area contributed by atoms with Gasteiger partial charge in [-0.3, -0.25) is 9.59 Å². The molecule has 0 saturated heterocycles. The van der Waals surface area contributed by atoms with Crippen molar-refractivity contribution in [3.05, 3.63) is 97.2 Å². The van der Waals surface area contributed by atoms with Crippen molar-refractivity contribution < 1.29 is 24.2 Å². The first-order chi connectivity index (χ1) is 35.6. The van der Waals surface area contributed by atoms with Crippen molar-refractivity contribution in [3.8, 4) is 0 Å². The number of esters is 2. The molecule has 0 saturated carbocycles. The summed E-state index contributed by atoms with van der Waals surface area (Å²) in [4.78, 5) is 24.5. The summed E-state index contributed by atoms with van der Waals surface area (Å²) in [5, 5.41) is 9.63. The van der Waals surface area contributed by atoms with Gasteiger partial charge in [-0.05, 0) is 89.9 Å². The highest BCUT2D eigenvalue weighted by molar-refractivity contribution is 5.70. The van der Waals surface area contributed by atoms with Crippen LogP contribution in [-0.4, -0.2) is 36.4 Å². The van der Waals surface area contributed by atoms with Crippen molar-refractivity contribution in [2.45, 2.75) is 302 Å². The average molecular weight is 1000 g/mol. The van der Waals surface area contributed by atoms with E-state index in [-0.39, 0.29) is 31.6 Å². The van der Waals surface area contributed by atoms with Gasteiger partial charge in [-0.1, -0.05) is 291 Å². The maximum atomic E-state index is 12.2. The third kappa shape index (κ3) is 59.4. The second-order valence-electron chi connectivity index (χ2n) is 20.4. The van der Waals surface area contributed by atoms with E-state index in [1.165, 1.54) is 193 Å². The number of hydrogen-bond acceptors (Lipinski definition) is 5. The van der Waals surface area contributed by atoms with E-state index >= 15 is 0 Å². The molecule has 0 aromatic heterocycles. The molecule has 0 bridgehead atoms. The van der Waals surface area contributed by atoms with E-state index in [0.29, 0.717) is 12.8 Å². The molecule has 0 rings (SSSR count). The van der Waals surface area contributed by atoms with Crippen molar-refractivity contribution in [1.82, 2.24) is 0 Å². The van der Waals surface area contributed by atoms with Gasteiger partial charge in [0.2, 0.25) is 0 Å². The number of unbranched alkanes of at least 4 members (excludes halogenated alkanes) is 32. The summed E-state index contributed by atoms with van der Waals surface area (Å²) in [5.41, 5.74) is 0. The molecule has 0 spiro atoms. The van der Waals surface area contributed by atoms with E-state index in [9.17, 15) is 14.7 Å². The minimum absolute atomic E-state index is 0.0901. The maximum absolute atomic E-state index is 12.2. The number of aliphatic hydroxyl groups is 1. The van der Waals surface area contributed by atoms with E-state index in [0.717, 1.165) is 70.6 Å². The van der Waals surface area contributed by atoms with Crippen LogP contribution in [-0.2, 0) is 19.1 Å². The predicted octanol–water partition coefficient (Wildman–Crippen LogP) is 21.1. The van der Waals surface area contributed by atoms with Gasteiger partial charge < -0.3 is 14.6 Å². The Labute approximate surface area is 447 Å². The minimum Gasteiger partial charge on any atom is -0.462 e. The van der Waals surface area contributed by atoms with Crippen LogP contribution < -0.4 is 0 Å². The van der Waals surface area contributed by atoms with Crippen molar-refractivity contribution >= 4 is 11.9 Å². The lowest BCUT2D eigenvalue weighted by Gasteiger charge is -2.15. The zero-order chi connectivity index (χ0) is 52.0. The number of carbonyl (C=O) groups excluding carboxylic acids is 2. The summed E-state index contributed by atoms with van der Waals surface area (Å²) in [6.45, 7) is 3.98. The van der Waals surface area contributed by atoms with Gasteiger partial charge >= 0.3 is 11.9 Å². The molecule has 0 amide bonds. The third-order valence-corrected chi connectivity index (χ3v) is 13.4. The first-order valence-electron chi connectivity index (χ1n) is 30.8. The number of aliphatic hydroxyl groups excluding tert-OH is 1. The molecule has 0 aromatic rings. The molecule has 0 aliphatic rings. The Bertz CT molecular complexity index is 1360. The normalized spacial score (nSPS) is 12.9. The summed E-state index contributed by atoms with van der Waals surface area (Å²) in [5.74, 6) is -0.654. The molecule has 1 N–H and O–H groups in total. The Morgan fingerprint density at radius 1 is 0.333 bits per heavy atom. The van der Waals surface area contributed by atoms with Crippen LogP contribution >= 0.6 is 0 Å². The van der Waals surface area contributed by atoms with Gasteiger partial charge in [0.25, 0.3) is 0 Å². The molecule has 5 heteroatoms. The highest BCUT2D eigenvalue weighted by Crippen LogP contribution is 2.17. The molecule has 1 unspecified atom stereocenters. The molecule has 1 atom stereocenters. The average Bonchev–Trinajstić information content (AvgIpc) is 3.38. The van der Waals surface area contributed by atoms with Crippen molar-refractivity contribution in [2.24, 2.45) is 0 Å². The fourth-order valence-electron chi connectivity index (χ4n) is 8.78. The molecule has 0 fully saturated rings. The van der Waals surface area contributed by atoms with E-state index in [2.05, 4.69) is 111 Å². The Kier molecular flexibility index (Phi) is 59.4. The van der Waals surface area contributed by atoms with Crippen LogP contribution in [0.1, 0.15) is 296 Å². The molecular weight excluding hydrogens is 885 g/mol. The van der Waals surface area contributed by atoms with Gasteiger partial charge in [0.1, 0.15) is 6.61 Å². The summed E-state index contributed by atoms with van der Waals surface area (Å²) < 4.78 is 10.6. The quantitative estimate of drug-likeness (QED) is 0.0373. The lowest BCUT2D eigenvalue weighted by Crippen LogP contribution is -2.28. The van der Waals surface area contributed by atoms with Crippen LogP contribution in [0.2, 0.25) is 0 Å². The SMILES string of the molecule is CC/C=C\C/C=C\C/C=C\C/C=C\C/C=C\CCCC(=O)OC(CO)COC(=O)CCCCCCCCCCCCCCCCCCCCCCCCCCCC/C=C\C/C=C\C/C=C\CCCCCCC. The summed E-state index contributed by atoms with van der Waals surface area (Å²) >= 11 is 0. The number of rotatable bonds is 56. The molecule has 0 radical (unpaired) electrons. The first-order valence-corrected chi connectivity index (χ1v) is 30.8. The van der Waals surface area contributed by atoms with Crippen molar-refractivity contribution in [2.75, 3.05) is 13.2 Å². The molecule has 72 heavy (non-hydrogen) atoms. The molecule has 0 aliphatic heterocycles. The lowest BCUT2D eigenvalue weighted by molar-refractivity contribution is -0.161. The molecule has 0 aliphatic carbocycles. The van der Waals surface area contributed by atoms with Crippen LogP contribution in [0.4, 0.5) is 0 Å². The molecular formula is C67H116O5. The summed E-state index contributed by atoms with van der Waals surface area (Å²) in [7, 11) is 0. The standard InChI is InChI=1S/C67H116O5/c1-3-5-7-9-11-13-15-17-19-21-22-23-24-25-26-27-28-29-30-31-32-33-34-35-36-37-38-39-40-41-42-43-44-46-47-49-51-53-55-57-59-61-66(69)71-64-65(63-68)72-67(70)62-60-58-56-54-52-50-48-45-20-18-16-14-12-10-8-6-4-2/h6,8,12,14-15,17-18,20-22,24-25,48,50,54,56,65,68H,3-5,7,9-11,13,16,19,23,26-47,49,51-53,55,57-64H2,1-2H3/b8-6-,14-12-,17-15-,20-18-,22-21-,25-24-,50-48-,56-54-. The van der Waals surface area contributed by atoms with E-state index in [4.69, 9.17) is 9.47 Å². The summed E-state index contributed by atoms with van der Waals surface area (Å²) in [6.07, 6.45) is 88.6. The molecule has 0 heterocycles. The molecule has 0 aromatic carbocycles. The van der Waals surface area contributed by atoms with E-state index in [1.807, 2.05) is 0 Å². The van der Waals surface area contributed by atoms with Gasteiger partial charge in [0.05, 0.1) is 6.61 Å². The fraction of sp³-hybridized carbons (Fsp3) is 0.731. The van der Waals surface area contributed by atoms with Crippen LogP contribution in [0.15, 0.2) is 97.2 Å². The zero-order valence-electron chi connectivity index (χ0n) is 47.4. The van der Waals surface area contributed by atoms with Crippen LogP contribution in [0.5, 0.6) is 0 Å². The zero-order valence-corrected chi connectivity index (χ0v) is 47.4. The second kappa shape index (κ2) is 62.1. The number of carbonyl (C=O) groups is 2. The van der Waals surface area contributed by atoms with Crippen LogP contribution in [0, 0.1) is 0 Å².